The minimum Gasteiger partial charge on any atom is -0.362 e. The van der Waals surface area contributed by atoms with Crippen molar-refractivity contribution in [3.05, 3.63) is 59.2 Å². The molecule has 0 unspecified atom stereocenters. The first-order chi connectivity index (χ1) is 9.09. The van der Waals surface area contributed by atoms with Crippen molar-refractivity contribution in [2.24, 2.45) is 0 Å². The van der Waals surface area contributed by atoms with E-state index in [0.717, 1.165) is 11.1 Å². The fourth-order valence-corrected chi connectivity index (χ4v) is 2.33. The Labute approximate surface area is 108 Å². The number of aliphatic hydroxyl groups excluding tert-OH is 1. The molecule has 0 fully saturated rings. The molecule has 19 heavy (non-hydrogen) atoms. The summed E-state index contributed by atoms with van der Waals surface area (Å²) >= 11 is 0. The number of fused-ring (bicyclic) bond motifs is 3. The summed E-state index contributed by atoms with van der Waals surface area (Å²) in [7, 11) is 0. The second-order valence-electron chi connectivity index (χ2n) is 4.37. The smallest absolute Gasteiger partial charge is 0.218 e. The topological polar surface area (TPSA) is 74.6 Å². The van der Waals surface area contributed by atoms with Gasteiger partial charge in [-0.1, -0.05) is 36.4 Å². The number of carbonyl (C=O) groups is 2. The van der Waals surface area contributed by atoms with Crippen LogP contribution in [0.4, 0.5) is 0 Å². The third kappa shape index (κ3) is 1.69. The quantitative estimate of drug-likeness (QED) is 0.535. The van der Waals surface area contributed by atoms with Crippen molar-refractivity contribution in [2.45, 2.75) is 6.29 Å². The second kappa shape index (κ2) is 4.12. The van der Waals surface area contributed by atoms with Crippen molar-refractivity contribution in [2.75, 3.05) is 0 Å². The molecule has 3 rings (SSSR count). The van der Waals surface area contributed by atoms with E-state index in [2.05, 4.69) is 0 Å². The molecule has 4 heteroatoms. The molecule has 94 valence electrons. The predicted octanol–water partition coefficient (Wildman–Crippen LogP) is 1.39. The van der Waals surface area contributed by atoms with E-state index in [9.17, 15) is 9.59 Å². The zero-order valence-electron chi connectivity index (χ0n) is 9.83. The first kappa shape index (κ1) is 11.8. The summed E-state index contributed by atoms with van der Waals surface area (Å²) in [6.07, 6.45) is -2.06. The highest BCUT2D eigenvalue weighted by atomic mass is 16.5. The van der Waals surface area contributed by atoms with Crippen LogP contribution in [0.5, 0.6) is 0 Å². The third-order valence-corrected chi connectivity index (χ3v) is 3.25. The van der Waals surface area contributed by atoms with E-state index < -0.39 is 12.1 Å². The Morgan fingerprint density at radius 1 is 0.895 bits per heavy atom. The van der Waals surface area contributed by atoms with Gasteiger partial charge in [-0.25, -0.2) is 0 Å². The van der Waals surface area contributed by atoms with E-state index in [-0.39, 0.29) is 11.3 Å². The lowest BCUT2D eigenvalue weighted by Crippen LogP contribution is -2.19. The Balaban J connectivity index is 2.15. The number of rotatable bonds is 2. The molecule has 0 radical (unpaired) electrons. The molecule has 2 aromatic carbocycles. The van der Waals surface area contributed by atoms with Crippen LogP contribution in [0.15, 0.2) is 42.5 Å². The fraction of sp³-hybridized carbons (Fsp3) is 0.0667. The van der Waals surface area contributed by atoms with Crippen LogP contribution in [0.1, 0.15) is 26.3 Å². The summed E-state index contributed by atoms with van der Waals surface area (Å²) < 4.78 is 0. The summed E-state index contributed by atoms with van der Waals surface area (Å²) in [4.78, 5) is 23.7. The van der Waals surface area contributed by atoms with Crippen LogP contribution in [0.2, 0.25) is 0 Å². The van der Waals surface area contributed by atoms with Gasteiger partial charge in [0, 0.05) is 16.7 Å². The number of ketones is 2. The van der Waals surface area contributed by atoms with Crippen molar-refractivity contribution in [1.29, 1.82) is 0 Å². The van der Waals surface area contributed by atoms with E-state index in [1.165, 1.54) is 12.1 Å². The molecule has 1 aliphatic carbocycles. The zero-order chi connectivity index (χ0) is 13.6. The van der Waals surface area contributed by atoms with Crippen LogP contribution >= 0.6 is 0 Å². The molecule has 0 aromatic heterocycles. The molecule has 0 saturated carbocycles. The number of hydrogen-bond acceptors (Lipinski definition) is 4. The molecule has 0 atom stereocenters. The number of Topliss-reactive ketones (excluding diaryl/α,β-unsaturated/α-hetero) is 1. The second-order valence-corrected chi connectivity index (χ2v) is 4.37. The molecule has 2 aromatic rings. The van der Waals surface area contributed by atoms with Gasteiger partial charge >= 0.3 is 0 Å². The van der Waals surface area contributed by atoms with E-state index >= 15 is 0 Å². The molecular formula is C15H10O4. The lowest BCUT2D eigenvalue weighted by molar-refractivity contribution is -0.0195. The van der Waals surface area contributed by atoms with Crippen LogP contribution < -0.4 is 0 Å². The average molecular weight is 254 g/mol. The van der Waals surface area contributed by atoms with E-state index in [4.69, 9.17) is 10.2 Å². The highest BCUT2D eigenvalue weighted by molar-refractivity contribution is 6.22. The Morgan fingerprint density at radius 2 is 1.53 bits per heavy atom. The molecule has 0 heterocycles. The molecule has 2 N–H and O–H groups in total. The SMILES string of the molecule is O=C1c2ccccc2-c2ccc(C(=O)C(O)O)cc21. The summed E-state index contributed by atoms with van der Waals surface area (Å²) in [5.74, 6) is -0.959. The number of hydrogen-bond donors (Lipinski definition) is 2. The highest BCUT2D eigenvalue weighted by Gasteiger charge is 2.27. The van der Waals surface area contributed by atoms with Crippen molar-refractivity contribution >= 4 is 11.6 Å². The Morgan fingerprint density at radius 3 is 2.21 bits per heavy atom. The molecular weight excluding hydrogens is 244 g/mol. The fourth-order valence-electron chi connectivity index (χ4n) is 2.33. The summed E-state index contributed by atoms with van der Waals surface area (Å²) in [5.41, 5.74) is 2.75. The van der Waals surface area contributed by atoms with Gasteiger partial charge in [0.05, 0.1) is 0 Å². The number of carbonyl (C=O) groups excluding carboxylic acids is 2. The van der Waals surface area contributed by atoms with E-state index in [0.29, 0.717) is 11.1 Å². The maximum Gasteiger partial charge on any atom is 0.218 e. The summed E-state index contributed by atoms with van der Waals surface area (Å²) in [6.45, 7) is 0. The minimum atomic E-state index is -2.06. The summed E-state index contributed by atoms with van der Waals surface area (Å²) in [5, 5.41) is 17.8. The molecule has 4 nitrogen and oxygen atoms in total. The van der Waals surface area contributed by atoms with Crippen LogP contribution in [-0.2, 0) is 0 Å². The summed E-state index contributed by atoms with van der Waals surface area (Å²) in [6, 6.07) is 11.8. The maximum atomic E-state index is 12.2. The first-order valence-corrected chi connectivity index (χ1v) is 5.78. The van der Waals surface area contributed by atoms with Gasteiger partial charge in [0.1, 0.15) is 0 Å². The van der Waals surface area contributed by atoms with Crippen LogP contribution in [0, 0.1) is 0 Å². The number of aliphatic hydroxyl groups is 2. The molecule has 0 amide bonds. The van der Waals surface area contributed by atoms with Gasteiger partial charge in [-0.05, 0) is 17.2 Å². The predicted molar refractivity (Wildman–Crippen MR) is 67.9 cm³/mol. The van der Waals surface area contributed by atoms with Gasteiger partial charge in [-0.15, -0.1) is 0 Å². The standard InChI is InChI=1S/C15H10O4/c16-13(15(18)19)8-5-6-10-9-3-1-2-4-11(9)14(17)12(10)7-8/h1-7,15,18-19H. The molecule has 0 bridgehead atoms. The first-order valence-electron chi connectivity index (χ1n) is 5.78. The van der Waals surface area contributed by atoms with Gasteiger partial charge in [-0.2, -0.15) is 0 Å². The Kier molecular flexibility index (Phi) is 2.55. The molecule has 1 aliphatic rings. The maximum absolute atomic E-state index is 12.2. The highest BCUT2D eigenvalue weighted by Crippen LogP contribution is 2.36. The lowest BCUT2D eigenvalue weighted by Gasteiger charge is -2.05. The van der Waals surface area contributed by atoms with Gasteiger partial charge in [0.15, 0.2) is 5.78 Å². The van der Waals surface area contributed by atoms with Gasteiger partial charge < -0.3 is 10.2 Å². The Hall–Kier alpha value is -2.30. The Bertz CT molecular complexity index is 701. The minimum absolute atomic E-state index is 0.120. The normalized spacial score (nSPS) is 12.5. The lowest BCUT2D eigenvalue weighted by atomic mass is 10.0. The number of benzene rings is 2. The van der Waals surface area contributed by atoms with Gasteiger partial charge in [0.2, 0.25) is 12.1 Å². The van der Waals surface area contributed by atoms with Crippen LogP contribution in [0.3, 0.4) is 0 Å². The van der Waals surface area contributed by atoms with Crippen molar-refractivity contribution in [3.8, 4) is 11.1 Å². The molecule has 0 saturated heterocycles. The largest absolute Gasteiger partial charge is 0.362 e. The van der Waals surface area contributed by atoms with Crippen molar-refractivity contribution in [3.63, 3.8) is 0 Å². The molecule has 0 aliphatic heterocycles. The van der Waals surface area contributed by atoms with Gasteiger partial charge in [0.25, 0.3) is 0 Å². The van der Waals surface area contributed by atoms with E-state index in [1.54, 1.807) is 18.2 Å². The van der Waals surface area contributed by atoms with E-state index in [1.807, 2.05) is 12.1 Å². The van der Waals surface area contributed by atoms with Gasteiger partial charge in [-0.3, -0.25) is 9.59 Å². The van der Waals surface area contributed by atoms with Crippen molar-refractivity contribution < 1.29 is 19.8 Å². The zero-order valence-corrected chi connectivity index (χ0v) is 9.83. The monoisotopic (exact) mass is 254 g/mol. The molecule has 0 spiro atoms. The third-order valence-electron chi connectivity index (χ3n) is 3.25. The average Bonchev–Trinajstić information content (AvgIpc) is 2.72. The van der Waals surface area contributed by atoms with Crippen molar-refractivity contribution in [1.82, 2.24) is 0 Å². The van der Waals surface area contributed by atoms with Crippen LogP contribution in [-0.4, -0.2) is 28.1 Å². The van der Waals surface area contributed by atoms with Crippen LogP contribution in [0.25, 0.3) is 11.1 Å².